The van der Waals surface area contributed by atoms with Gasteiger partial charge in [-0.05, 0) is 36.3 Å². The molecule has 7 nitrogen and oxygen atoms in total. The van der Waals surface area contributed by atoms with Crippen molar-refractivity contribution in [2.24, 2.45) is 5.73 Å². The minimum Gasteiger partial charge on any atom is -0.496 e. The van der Waals surface area contributed by atoms with E-state index in [1.165, 1.54) is 36.7 Å². The SMILES string of the molecule is COc1cc2occ(-c3ccc(F)cc3)c2cc1/C(C)=C/C(=O)Nc1nc(CC(N)=O)cs1. The van der Waals surface area contributed by atoms with Crippen molar-refractivity contribution in [3.8, 4) is 16.9 Å². The van der Waals surface area contributed by atoms with Gasteiger partial charge in [0.05, 0.1) is 25.5 Å². The van der Waals surface area contributed by atoms with Gasteiger partial charge in [0.15, 0.2) is 5.13 Å². The number of primary amides is 1. The first kappa shape index (κ1) is 22.2. The van der Waals surface area contributed by atoms with E-state index in [1.54, 1.807) is 36.8 Å². The number of hydrogen-bond donors (Lipinski definition) is 2. The Hall–Kier alpha value is -3.98. The van der Waals surface area contributed by atoms with E-state index in [-0.39, 0.29) is 18.1 Å². The summed E-state index contributed by atoms with van der Waals surface area (Å²) < 4.78 is 24.5. The number of amides is 2. The summed E-state index contributed by atoms with van der Waals surface area (Å²) in [7, 11) is 1.54. The van der Waals surface area contributed by atoms with Crippen LogP contribution in [-0.2, 0) is 16.0 Å². The van der Waals surface area contributed by atoms with Crippen LogP contribution in [0.5, 0.6) is 5.75 Å². The van der Waals surface area contributed by atoms with Gasteiger partial charge in [-0.3, -0.25) is 14.9 Å². The number of halogens is 1. The molecular formula is C24H20FN3O4S. The number of furan rings is 1. The van der Waals surface area contributed by atoms with Crippen molar-refractivity contribution in [2.45, 2.75) is 13.3 Å². The highest BCUT2D eigenvalue weighted by Crippen LogP contribution is 2.37. The first-order valence-corrected chi connectivity index (χ1v) is 10.8. The Balaban J connectivity index is 1.64. The van der Waals surface area contributed by atoms with Gasteiger partial charge in [0, 0.05) is 34.0 Å². The van der Waals surface area contributed by atoms with Gasteiger partial charge < -0.3 is 14.9 Å². The number of hydrogen-bond acceptors (Lipinski definition) is 6. The van der Waals surface area contributed by atoms with Crippen molar-refractivity contribution in [1.29, 1.82) is 0 Å². The topological polar surface area (TPSA) is 107 Å². The Morgan fingerprint density at radius 2 is 2.03 bits per heavy atom. The fraction of sp³-hybridized carbons (Fsp3) is 0.125. The van der Waals surface area contributed by atoms with Crippen LogP contribution in [0.2, 0.25) is 0 Å². The van der Waals surface area contributed by atoms with Crippen LogP contribution in [0, 0.1) is 5.82 Å². The van der Waals surface area contributed by atoms with Crippen molar-refractivity contribution >= 4 is 44.8 Å². The number of anilines is 1. The van der Waals surface area contributed by atoms with Gasteiger partial charge in [-0.2, -0.15) is 0 Å². The molecular weight excluding hydrogens is 445 g/mol. The van der Waals surface area contributed by atoms with Crippen LogP contribution >= 0.6 is 11.3 Å². The molecule has 0 atom stereocenters. The number of nitrogens with one attached hydrogen (secondary N) is 1. The summed E-state index contributed by atoms with van der Waals surface area (Å²) in [6.07, 6.45) is 3.06. The molecule has 2 aromatic carbocycles. The molecule has 2 amide bonds. The van der Waals surface area contributed by atoms with Gasteiger partial charge >= 0.3 is 0 Å². The third-order valence-corrected chi connectivity index (χ3v) is 5.77. The third kappa shape index (κ3) is 4.93. The molecule has 0 saturated carbocycles. The molecule has 0 unspecified atom stereocenters. The molecule has 0 bridgehead atoms. The molecule has 0 aliphatic carbocycles. The van der Waals surface area contributed by atoms with Gasteiger partial charge in [0.25, 0.3) is 0 Å². The number of aromatic nitrogens is 1. The van der Waals surface area contributed by atoms with Crippen molar-refractivity contribution in [1.82, 2.24) is 4.98 Å². The molecule has 2 aromatic heterocycles. The number of rotatable bonds is 7. The number of allylic oxidation sites excluding steroid dienone is 1. The van der Waals surface area contributed by atoms with Gasteiger partial charge in [-0.15, -0.1) is 11.3 Å². The summed E-state index contributed by atoms with van der Waals surface area (Å²) in [6, 6.07) is 9.77. The van der Waals surface area contributed by atoms with E-state index >= 15 is 0 Å². The normalized spacial score (nSPS) is 11.5. The zero-order valence-electron chi connectivity index (χ0n) is 17.8. The molecule has 0 radical (unpaired) electrons. The molecule has 0 spiro atoms. The second-order valence-electron chi connectivity index (χ2n) is 7.31. The summed E-state index contributed by atoms with van der Waals surface area (Å²) in [5.74, 6) is -0.640. The molecule has 168 valence electrons. The van der Waals surface area contributed by atoms with Crippen LogP contribution in [0.1, 0.15) is 18.2 Å². The smallest absolute Gasteiger partial charge is 0.250 e. The Morgan fingerprint density at radius 1 is 1.27 bits per heavy atom. The number of carbonyl (C=O) groups excluding carboxylic acids is 2. The van der Waals surface area contributed by atoms with Crippen LogP contribution in [0.25, 0.3) is 27.7 Å². The van der Waals surface area contributed by atoms with Crippen LogP contribution in [-0.4, -0.2) is 23.9 Å². The molecule has 2 heterocycles. The van der Waals surface area contributed by atoms with E-state index in [0.29, 0.717) is 33.3 Å². The number of ether oxygens (including phenoxy) is 1. The number of benzene rings is 2. The summed E-state index contributed by atoms with van der Waals surface area (Å²) in [4.78, 5) is 27.8. The first-order chi connectivity index (χ1) is 15.8. The Bertz CT molecular complexity index is 1370. The second kappa shape index (κ2) is 9.25. The highest BCUT2D eigenvalue weighted by atomic mass is 32.1. The minimum atomic E-state index is -0.490. The van der Waals surface area contributed by atoms with E-state index in [1.807, 2.05) is 6.07 Å². The molecule has 4 rings (SSSR count). The number of fused-ring (bicyclic) bond motifs is 1. The average Bonchev–Trinajstić information content (AvgIpc) is 3.39. The van der Waals surface area contributed by atoms with Crippen LogP contribution in [0.4, 0.5) is 9.52 Å². The van der Waals surface area contributed by atoms with Crippen LogP contribution in [0.3, 0.4) is 0 Å². The summed E-state index contributed by atoms with van der Waals surface area (Å²) >= 11 is 1.21. The van der Waals surface area contributed by atoms with E-state index < -0.39 is 5.91 Å². The molecule has 0 aliphatic heterocycles. The van der Waals surface area contributed by atoms with E-state index in [2.05, 4.69) is 10.3 Å². The summed E-state index contributed by atoms with van der Waals surface area (Å²) in [6.45, 7) is 1.79. The highest BCUT2D eigenvalue weighted by Gasteiger charge is 2.15. The molecule has 0 fully saturated rings. The lowest BCUT2D eigenvalue weighted by molar-refractivity contribution is -0.117. The maximum atomic E-state index is 13.3. The molecule has 9 heteroatoms. The molecule has 0 aliphatic rings. The molecule has 4 aromatic rings. The van der Waals surface area contributed by atoms with Crippen molar-refractivity contribution < 1.29 is 23.1 Å². The second-order valence-corrected chi connectivity index (χ2v) is 8.17. The van der Waals surface area contributed by atoms with Gasteiger partial charge in [-0.25, -0.2) is 9.37 Å². The maximum Gasteiger partial charge on any atom is 0.250 e. The average molecular weight is 466 g/mol. The number of methoxy groups -OCH3 is 1. The van der Waals surface area contributed by atoms with Gasteiger partial charge in [0.1, 0.15) is 17.1 Å². The monoisotopic (exact) mass is 465 g/mol. The lowest BCUT2D eigenvalue weighted by atomic mass is 9.99. The largest absolute Gasteiger partial charge is 0.496 e. The lowest BCUT2D eigenvalue weighted by Crippen LogP contribution is -2.14. The highest BCUT2D eigenvalue weighted by molar-refractivity contribution is 7.14. The number of nitrogens with zero attached hydrogens (tertiary/aromatic N) is 1. The van der Waals surface area contributed by atoms with Gasteiger partial charge in [0.2, 0.25) is 11.8 Å². The predicted molar refractivity (Wildman–Crippen MR) is 125 cm³/mol. The zero-order chi connectivity index (χ0) is 23.5. The Kier molecular flexibility index (Phi) is 6.23. The van der Waals surface area contributed by atoms with Crippen molar-refractivity contribution in [3.05, 3.63) is 71.2 Å². The molecule has 33 heavy (non-hydrogen) atoms. The quantitative estimate of drug-likeness (QED) is 0.382. The van der Waals surface area contributed by atoms with Gasteiger partial charge in [-0.1, -0.05) is 12.1 Å². The number of carbonyl (C=O) groups is 2. The lowest BCUT2D eigenvalue weighted by Gasteiger charge is -2.10. The fourth-order valence-electron chi connectivity index (χ4n) is 3.43. The number of nitrogens with two attached hydrogens (primary N) is 1. The maximum absolute atomic E-state index is 13.3. The van der Waals surface area contributed by atoms with Crippen molar-refractivity contribution in [2.75, 3.05) is 12.4 Å². The Morgan fingerprint density at radius 3 is 2.73 bits per heavy atom. The standard InChI is InChI=1S/C24H20FN3O4S/c1-13(7-23(30)28-24-27-16(12-33-24)8-22(26)29)17-9-18-19(14-3-5-15(25)6-4-14)11-32-21(18)10-20(17)31-2/h3-7,9-12H,8H2,1-2H3,(H2,26,29)(H,27,28,30)/b13-7+. The van der Waals surface area contributed by atoms with E-state index in [4.69, 9.17) is 14.9 Å². The third-order valence-electron chi connectivity index (χ3n) is 4.96. The van der Waals surface area contributed by atoms with E-state index in [9.17, 15) is 14.0 Å². The van der Waals surface area contributed by atoms with Crippen molar-refractivity contribution in [3.63, 3.8) is 0 Å². The zero-order valence-corrected chi connectivity index (χ0v) is 18.7. The Labute approximate surface area is 192 Å². The van der Waals surface area contributed by atoms with Crippen LogP contribution in [0.15, 0.2) is 58.5 Å². The first-order valence-electron chi connectivity index (χ1n) is 9.91. The number of thiazole rings is 1. The summed E-state index contributed by atoms with van der Waals surface area (Å²) in [5.41, 5.74) is 9.26. The van der Waals surface area contributed by atoms with E-state index in [0.717, 1.165) is 16.5 Å². The molecule has 0 saturated heterocycles. The predicted octanol–water partition coefficient (Wildman–Crippen LogP) is 4.77. The summed E-state index contributed by atoms with van der Waals surface area (Å²) in [5, 5.41) is 5.54. The van der Waals surface area contributed by atoms with Crippen LogP contribution < -0.4 is 15.8 Å². The fourth-order valence-corrected chi connectivity index (χ4v) is 4.14. The molecule has 3 N–H and O–H groups in total. The minimum absolute atomic E-state index is 0.0134.